The average Bonchev–Trinajstić information content (AvgIpc) is 3.58. The average molecular weight is 543 g/mol. The first-order valence-electron chi connectivity index (χ1n) is 13.6. The van der Waals surface area contributed by atoms with E-state index in [4.69, 9.17) is 9.15 Å². The minimum atomic E-state index is -0.789. The Labute approximate surface area is 238 Å². The topological polar surface area (TPSA) is 77.5 Å². The van der Waals surface area contributed by atoms with Crippen molar-refractivity contribution in [3.05, 3.63) is 132 Å². The van der Waals surface area contributed by atoms with E-state index in [1.165, 1.54) is 0 Å². The summed E-state index contributed by atoms with van der Waals surface area (Å²) in [5.41, 5.74) is 6.10. The van der Waals surface area contributed by atoms with E-state index in [9.17, 15) is 9.90 Å². The van der Waals surface area contributed by atoms with Gasteiger partial charge in [-0.1, -0.05) is 66.7 Å². The van der Waals surface area contributed by atoms with Gasteiger partial charge < -0.3 is 18.8 Å². The van der Waals surface area contributed by atoms with E-state index >= 15 is 0 Å². The Morgan fingerprint density at radius 1 is 0.878 bits per heavy atom. The SMILES string of the molecule is Cc1oc(-c2ccccc2)nc1COc1ccc2cc(Cn3cc(CCC(=O)O)c(-c4ccccc4)c3)ccc2c1. The number of fused-ring (bicyclic) bond motifs is 1. The van der Waals surface area contributed by atoms with Crippen molar-refractivity contribution in [1.29, 1.82) is 0 Å². The highest BCUT2D eigenvalue weighted by atomic mass is 16.5. The largest absolute Gasteiger partial charge is 0.487 e. The van der Waals surface area contributed by atoms with E-state index in [-0.39, 0.29) is 6.42 Å². The van der Waals surface area contributed by atoms with Gasteiger partial charge in [-0.3, -0.25) is 4.79 Å². The quantitative estimate of drug-likeness (QED) is 0.190. The van der Waals surface area contributed by atoms with Crippen LogP contribution in [0.2, 0.25) is 0 Å². The van der Waals surface area contributed by atoms with Crippen LogP contribution < -0.4 is 4.74 Å². The molecule has 0 bridgehead atoms. The number of aryl methyl sites for hydroxylation is 2. The number of carbonyl (C=O) groups is 1. The summed E-state index contributed by atoms with van der Waals surface area (Å²) in [7, 11) is 0. The third-order valence-electron chi connectivity index (χ3n) is 7.19. The molecule has 2 aromatic heterocycles. The molecule has 4 aromatic carbocycles. The lowest BCUT2D eigenvalue weighted by Crippen LogP contribution is -1.99. The van der Waals surface area contributed by atoms with Crippen LogP contribution in [0.4, 0.5) is 0 Å². The van der Waals surface area contributed by atoms with Crippen molar-refractivity contribution >= 4 is 16.7 Å². The predicted octanol–water partition coefficient (Wildman–Crippen LogP) is 7.92. The molecule has 1 N–H and O–H groups in total. The molecule has 0 aliphatic carbocycles. The summed E-state index contributed by atoms with van der Waals surface area (Å²) in [4.78, 5) is 15.9. The fourth-order valence-corrected chi connectivity index (χ4v) is 5.06. The van der Waals surface area contributed by atoms with Crippen molar-refractivity contribution < 1.29 is 19.1 Å². The number of rotatable bonds is 10. The van der Waals surface area contributed by atoms with Gasteiger partial charge in [-0.05, 0) is 71.1 Å². The molecule has 0 fully saturated rings. The maximum absolute atomic E-state index is 11.2. The second-order valence-corrected chi connectivity index (χ2v) is 10.1. The molecule has 0 saturated carbocycles. The zero-order chi connectivity index (χ0) is 28.2. The molecule has 0 aliphatic rings. The van der Waals surface area contributed by atoms with Crippen molar-refractivity contribution in [3.63, 3.8) is 0 Å². The number of nitrogens with zero attached hydrogens (tertiary/aromatic N) is 2. The Morgan fingerprint density at radius 2 is 1.59 bits per heavy atom. The third kappa shape index (κ3) is 6.07. The van der Waals surface area contributed by atoms with Crippen molar-refractivity contribution in [1.82, 2.24) is 9.55 Å². The number of ether oxygens (including phenoxy) is 1. The van der Waals surface area contributed by atoms with Gasteiger partial charge in [-0.2, -0.15) is 0 Å². The highest BCUT2D eigenvalue weighted by molar-refractivity contribution is 5.84. The predicted molar refractivity (Wildman–Crippen MR) is 160 cm³/mol. The molecule has 2 heterocycles. The van der Waals surface area contributed by atoms with Gasteiger partial charge >= 0.3 is 5.97 Å². The van der Waals surface area contributed by atoms with Gasteiger partial charge in [0.2, 0.25) is 5.89 Å². The van der Waals surface area contributed by atoms with Crippen LogP contribution in [0.1, 0.15) is 29.0 Å². The summed E-state index contributed by atoms with van der Waals surface area (Å²) in [6.07, 6.45) is 4.79. The van der Waals surface area contributed by atoms with E-state index in [0.29, 0.717) is 25.5 Å². The molecule has 0 radical (unpaired) electrons. The minimum Gasteiger partial charge on any atom is -0.487 e. The first-order valence-corrected chi connectivity index (χ1v) is 13.6. The number of hydrogen-bond donors (Lipinski definition) is 1. The standard InChI is InChI=1S/C35H30N2O4/c1-24-33(36-35(41-24)27-10-6-3-7-11-27)23-40-31-16-14-28-18-25(12-13-29(28)19-31)20-37-21-30(15-17-34(38)39)32(22-37)26-8-4-2-5-9-26/h2-14,16,18-19,21-22H,15,17,20,23H2,1H3,(H,38,39). The molecule has 0 aliphatic heterocycles. The molecule has 0 saturated heterocycles. The van der Waals surface area contributed by atoms with Gasteiger partial charge in [0.15, 0.2) is 0 Å². The molecule has 0 spiro atoms. The van der Waals surface area contributed by atoms with Gasteiger partial charge in [0, 0.05) is 36.5 Å². The van der Waals surface area contributed by atoms with E-state index in [0.717, 1.165) is 55.8 Å². The first kappa shape index (κ1) is 26.1. The number of oxazole rings is 1. The fraction of sp³-hybridized carbons (Fsp3) is 0.143. The van der Waals surface area contributed by atoms with Crippen molar-refractivity contribution in [3.8, 4) is 28.3 Å². The van der Waals surface area contributed by atoms with Crippen LogP contribution in [0.25, 0.3) is 33.4 Å². The maximum Gasteiger partial charge on any atom is 0.303 e. The summed E-state index contributed by atoms with van der Waals surface area (Å²) in [6, 6.07) is 32.5. The summed E-state index contributed by atoms with van der Waals surface area (Å²) < 4.78 is 14.1. The third-order valence-corrected chi connectivity index (χ3v) is 7.19. The monoisotopic (exact) mass is 542 g/mol. The smallest absolute Gasteiger partial charge is 0.303 e. The van der Waals surface area contributed by atoms with Crippen LogP contribution >= 0.6 is 0 Å². The number of aromatic nitrogens is 2. The molecule has 0 amide bonds. The van der Waals surface area contributed by atoms with Crippen molar-refractivity contribution in [2.45, 2.75) is 32.9 Å². The summed E-state index contributed by atoms with van der Waals surface area (Å²) >= 11 is 0. The summed E-state index contributed by atoms with van der Waals surface area (Å²) in [5, 5.41) is 11.4. The van der Waals surface area contributed by atoms with E-state index < -0.39 is 5.97 Å². The van der Waals surface area contributed by atoms with Crippen LogP contribution in [0.5, 0.6) is 5.75 Å². The first-order chi connectivity index (χ1) is 20.0. The second-order valence-electron chi connectivity index (χ2n) is 10.1. The Bertz CT molecular complexity index is 1800. The lowest BCUT2D eigenvalue weighted by Gasteiger charge is -2.08. The Kier molecular flexibility index (Phi) is 7.37. The van der Waals surface area contributed by atoms with Crippen molar-refractivity contribution in [2.75, 3.05) is 0 Å². The van der Waals surface area contributed by atoms with Crippen LogP contribution in [-0.2, 0) is 24.4 Å². The number of hydrogen-bond acceptors (Lipinski definition) is 4. The minimum absolute atomic E-state index is 0.106. The zero-order valence-electron chi connectivity index (χ0n) is 22.8. The summed E-state index contributed by atoms with van der Waals surface area (Å²) in [5.74, 6) is 1.33. The molecule has 6 nitrogen and oxygen atoms in total. The van der Waals surface area contributed by atoms with E-state index in [1.807, 2.05) is 67.6 Å². The van der Waals surface area contributed by atoms with Gasteiger partial charge in [-0.25, -0.2) is 4.98 Å². The highest BCUT2D eigenvalue weighted by Gasteiger charge is 2.13. The van der Waals surface area contributed by atoms with Crippen LogP contribution in [0.3, 0.4) is 0 Å². The van der Waals surface area contributed by atoms with Gasteiger partial charge in [-0.15, -0.1) is 0 Å². The Balaban J connectivity index is 1.17. The van der Waals surface area contributed by atoms with Gasteiger partial charge in [0.25, 0.3) is 0 Å². The zero-order valence-corrected chi connectivity index (χ0v) is 22.8. The molecular weight excluding hydrogens is 512 g/mol. The molecule has 41 heavy (non-hydrogen) atoms. The van der Waals surface area contributed by atoms with Gasteiger partial charge in [0.1, 0.15) is 23.8 Å². The number of benzene rings is 4. The Hall–Kier alpha value is -5.10. The van der Waals surface area contributed by atoms with E-state index in [2.05, 4.69) is 58.3 Å². The molecule has 6 rings (SSSR count). The fourth-order valence-electron chi connectivity index (χ4n) is 5.06. The van der Waals surface area contributed by atoms with Gasteiger partial charge in [0.05, 0.1) is 0 Å². The molecule has 6 heteroatoms. The second kappa shape index (κ2) is 11.6. The van der Waals surface area contributed by atoms with Crippen LogP contribution in [0, 0.1) is 6.92 Å². The highest BCUT2D eigenvalue weighted by Crippen LogP contribution is 2.28. The number of carboxylic acid groups (broad SMARTS) is 1. The molecule has 0 unspecified atom stereocenters. The number of aliphatic carboxylic acids is 1. The van der Waals surface area contributed by atoms with Crippen molar-refractivity contribution in [2.24, 2.45) is 0 Å². The maximum atomic E-state index is 11.2. The van der Waals surface area contributed by atoms with Crippen LogP contribution in [0.15, 0.2) is 114 Å². The molecular formula is C35H30N2O4. The molecule has 204 valence electrons. The van der Waals surface area contributed by atoms with Crippen LogP contribution in [-0.4, -0.2) is 20.6 Å². The molecule has 0 atom stereocenters. The Morgan fingerprint density at radius 3 is 2.34 bits per heavy atom. The normalized spacial score (nSPS) is 11.1. The molecule has 6 aromatic rings. The number of carboxylic acids is 1. The summed E-state index contributed by atoms with van der Waals surface area (Å²) in [6.45, 7) is 2.92. The van der Waals surface area contributed by atoms with E-state index in [1.54, 1.807) is 0 Å². The lowest BCUT2D eigenvalue weighted by atomic mass is 10.0. The lowest BCUT2D eigenvalue weighted by molar-refractivity contribution is -0.136.